The van der Waals surface area contributed by atoms with Crippen LogP contribution in [0.5, 0.6) is 17.2 Å². The molecule has 4 aromatic carbocycles. The van der Waals surface area contributed by atoms with Crippen molar-refractivity contribution in [2.24, 2.45) is 0 Å². The number of terminal acetylenes is 1. The van der Waals surface area contributed by atoms with E-state index in [1.54, 1.807) is 19.1 Å². The molecule has 6 heteroatoms. The maximum atomic E-state index is 13.9. The zero-order valence-electron chi connectivity index (χ0n) is 21.8. The Hall–Kier alpha value is -4.47. The van der Waals surface area contributed by atoms with Crippen molar-refractivity contribution in [2.45, 2.75) is 6.54 Å². The number of hydrogen-bond donors (Lipinski definition) is 0. The van der Waals surface area contributed by atoms with Crippen molar-refractivity contribution < 1.29 is 19.0 Å². The molecule has 1 amide bonds. The summed E-state index contributed by atoms with van der Waals surface area (Å²) < 4.78 is 17.5. The third kappa shape index (κ3) is 6.90. The van der Waals surface area contributed by atoms with Gasteiger partial charge in [0, 0.05) is 21.8 Å². The fourth-order valence-electron chi connectivity index (χ4n) is 4.07. The molecule has 0 saturated carbocycles. The number of methoxy groups -OCH3 is 2. The molecule has 0 spiro atoms. The van der Waals surface area contributed by atoms with Crippen molar-refractivity contribution in [3.63, 3.8) is 0 Å². The molecule has 0 bridgehead atoms. The Morgan fingerprint density at radius 1 is 0.897 bits per heavy atom. The quantitative estimate of drug-likeness (QED) is 0.144. The van der Waals surface area contributed by atoms with E-state index in [0.29, 0.717) is 22.8 Å². The van der Waals surface area contributed by atoms with Crippen LogP contribution in [0.25, 0.3) is 12.2 Å². The Kier molecular flexibility index (Phi) is 9.44. The van der Waals surface area contributed by atoms with E-state index in [4.69, 9.17) is 20.6 Å². The molecule has 0 fully saturated rings. The minimum Gasteiger partial charge on any atom is -0.497 e. The number of benzene rings is 4. The molecule has 39 heavy (non-hydrogen) atoms. The van der Waals surface area contributed by atoms with E-state index in [9.17, 15) is 4.79 Å². The normalized spacial score (nSPS) is 10.6. The molecule has 0 radical (unpaired) electrons. The number of rotatable bonds is 10. The molecule has 0 aliphatic carbocycles. The maximum absolute atomic E-state index is 13.9. The summed E-state index contributed by atoms with van der Waals surface area (Å²) in [5.74, 6) is 4.30. The molecule has 0 aromatic heterocycles. The molecule has 0 aliphatic heterocycles. The number of nitrogens with zero attached hydrogens (tertiary/aromatic N) is 1. The van der Waals surface area contributed by atoms with Crippen LogP contribution in [0.15, 0.2) is 95.5 Å². The predicted molar refractivity (Wildman–Crippen MR) is 160 cm³/mol. The Balaban J connectivity index is 1.75. The van der Waals surface area contributed by atoms with E-state index in [2.05, 4.69) is 21.9 Å². The van der Waals surface area contributed by atoms with Gasteiger partial charge in [-0.1, -0.05) is 60.5 Å². The summed E-state index contributed by atoms with van der Waals surface area (Å²) in [5.41, 5.74) is 4.01. The first-order valence-corrected chi connectivity index (χ1v) is 13.0. The molecule has 4 rings (SSSR count). The maximum Gasteiger partial charge on any atom is 0.259 e. The van der Waals surface area contributed by atoms with Gasteiger partial charge in [-0.15, -0.1) is 6.42 Å². The molecule has 4 aromatic rings. The number of halogens is 1. The van der Waals surface area contributed by atoms with Gasteiger partial charge in [-0.3, -0.25) is 4.79 Å². The molecule has 0 heterocycles. The summed E-state index contributed by atoms with van der Waals surface area (Å²) in [4.78, 5) is 15.6. The van der Waals surface area contributed by atoms with Gasteiger partial charge in [0.15, 0.2) is 0 Å². The van der Waals surface area contributed by atoms with Crippen LogP contribution in [0.3, 0.4) is 0 Å². The van der Waals surface area contributed by atoms with Crippen molar-refractivity contribution in [2.75, 3.05) is 25.7 Å². The van der Waals surface area contributed by atoms with E-state index in [1.807, 2.05) is 103 Å². The second-order valence-corrected chi connectivity index (χ2v) is 9.35. The number of hydrogen-bond acceptors (Lipinski definition) is 4. The smallest absolute Gasteiger partial charge is 0.259 e. The first kappa shape index (κ1) is 27.6. The van der Waals surface area contributed by atoms with Gasteiger partial charge in [0.05, 0.1) is 26.3 Å². The summed E-state index contributed by atoms with van der Waals surface area (Å²) in [6, 6.07) is 28.4. The predicted octanol–water partition coefficient (Wildman–Crippen LogP) is 7.50. The minimum atomic E-state index is -0.135. The van der Waals surface area contributed by atoms with Gasteiger partial charge in [0.1, 0.15) is 23.9 Å². The number of ether oxygens (including phenoxy) is 3. The Bertz CT molecular complexity index is 1490. The average molecular weight is 582 g/mol. The van der Waals surface area contributed by atoms with Crippen molar-refractivity contribution in [1.29, 1.82) is 0 Å². The van der Waals surface area contributed by atoms with Gasteiger partial charge in [-0.25, -0.2) is 0 Å². The van der Waals surface area contributed by atoms with Gasteiger partial charge in [-0.2, -0.15) is 0 Å². The van der Waals surface area contributed by atoms with Crippen LogP contribution in [0.1, 0.15) is 27.0 Å². The number of para-hydroxylation sites is 1. The van der Waals surface area contributed by atoms with E-state index >= 15 is 0 Å². The Morgan fingerprint density at radius 2 is 1.62 bits per heavy atom. The highest BCUT2D eigenvalue weighted by molar-refractivity contribution is 9.10. The van der Waals surface area contributed by atoms with Crippen molar-refractivity contribution in [3.05, 3.63) is 118 Å². The summed E-state index contributed by atoms with van der Waals surface area (Å²) in [6.45, 7) is 0.494. The third-order valence-electron chi connectivity index (χ3n) is 6.06. The lowest BCUT2D eigenvalue weighted by Gasteiger charge is -2.26. The highest BCUT2D eigenvalue weighted by atomic mass is 79.9. The van der Waals surface area contributed by atoms with Gasteiger partial charge >= 0.3 is 0 Å². The van der Waals surface area contributed by atoms with Crippen LogP contribution in [-0.2, 0) is 6.54 Å². The first-order chi connectivity index (χ1) is 19.0. The zero-order valence-corrected chi connectivity index (χ0v) is 23.4. The zero-order chi connectivity index (χ0) is 27.6. The lowest BCUT2D eigenvalue weighted by Crippen LogP contribution is -2.31. The largest absolute Gasteiger partial charge is 0.497 e. The van der Waals surface area contributed by atoms with Crippen molar-refractivity contribution >= 4 is 39.7 Å². The summed E-state index contributed by atoms with van der Waals surface area (Å²) >= 11 is 3.54. The lowest BCUT2D eigenvalue weighted by molar-refractivity contribution is 0.0984. The SMILES string of the molecule is C#CCOc1ccc(/C=C/c2cc(OC)cc(OC)c2CN(C(=O)c2ccccc2Br)c2ccccc2)cc1. The molecular formula is C33H28BrNO4. The molecule has 0 unspecified atom stereocenters. The van der Waals surface area contributed by atoms with E-state index in [0.717, 1.165) is 26.9 Å². The van der Waals surface area contributed by atoms with Crippen molar-refractivity contribution in [1.82, 2.24) is 0 Å². The van der Waals surface area contributed by atoms with Crippen LogP contribution >= 0.6 is 15.9 Å². The summed E-state index contributed by atoms with van der Waals surface area (Å²) in [5, 5.41) is 0. The topological polar surface area (TPSA) is 48.0 Å². The van der Waals surface area contributed by atoms with Gasteiger partial charge < -0.3 is 19.1 Å². The van der Waals surface area contributed by atoms with Crippen molar-refractivity contribution in [3.8, 4) is 29.6 Å². The van der Waals surface area contributed by atoms with Crippen LogP contribution < -0.4 is 19.1 Å². The number of amides is 1. The van der Waals surface area contributed by atoms with E-state index in [-0.39, 0.29) is 19.1 Å². The Morgan fingerprint density at radius 3 is 2.28 bits per heavy atom. The second kappa shape index (κ2) is 13.4. The van der Waals surface area contributed by atoms with Crippen LogP contribution in [-0.4, -0.2) is 26.7 Å². The second-order valence-electron chi connectivity index (χ2n) is 8.50. The standard InChI is InChI=1S/C33H28BrNO4/c1-4-20-39-27-18-15-24(16-19-27)14-17-25-21-28(37-2)22-32(38-3)30(25)23-35(26-10-6-5-7-11-26)33(36)29-12-8-9-13-31(29)34/h1,5-19,21-22H,20,23H2,2-3H3/b17-14+. The molecule has 0 atom stereocenters. The van der Waals surface area contributed by atoms with Gasteiger partial charge in [0.25, 0.3) is 5.91 Å². The summed E-state index contributed by atoms with van der Waals surface area (Å²) in [7, 11) is 3.23. The molecule has 0 aliphatic rings. The fourth-order valence-corrected chi connectivity index (χ4v) is 4.53. The highest BCUT2D eigenvalue weighted by Gasteiger charge is 2.23. The molecule has 0 saturated heterocycles. The fraction of sp³-hybridized carbons (Fsp3) is 0.121. The van der Waals surface area contributed by atoms with Gasteiger partial charge in [-0.05, 0) is 69.5 Å². The molecule has 0 N–H and O–H groups in total. The average Bonchev–Trinajstić information content (AvgIpc) is 2.98. The molecular weight excluding hydrogens is 554 g/mol. The molecule has 5 nitrogen and oxygen atoms in total. The number of carbonyl (C=O) groups is 1. The minimum absolute atomic E-state index is 0.135. The van der Waals surface area contributed by atoms with Crippen LogP contribution in [0.4, 0.5) is 5.69 Å². The first-order valence-electron chi connectivity index (χ1n) is 12.2. The monoisotopic (exact) mass is 581 g/mol. The number of carbonyl (C=O) groups excluding carboxylic acids is 1. The lowest BCUT2D eigenvalue weighted by atomic mass is 10.0. The van der Waals surface area contributed by atoms with Crippen LogP contribution in [0.2, 0.25) is 0 Å². The van der Waals surface area contributed by atoms with E-state index in [1.165, 1.54) is 0 Å². The Labute approximate surface area is 237 Å². The molecule has 196 valence electrons. The van der Waals surface area contributed by atoms with Gasteiger partial charge in [0.2, 0.25) is 0 Å². The number of anilines is 1. The van der Waals surface area contributed by atoms with E-state index < -0.39 is 0 Å². The van der Waals surface area contributed by atoms with Crippen LogP contribution in [0, 0.1) is 12.3 Å². The summed E-state index contributed by atoms with van der Waals surface area (Å²) in [6.07, 6.45) is 9.26. The third-order valence-corrected chi connectivity index (χ3v) is 6.76. The highest BCUT2D eigenvalue weighted by Crippen LogP contribution is 2.34.